The lowest BCUT2D eigenvalue weighted by Gasteiger charge is -2.37. The summed E-state index contributed by atoms with van der Waals surface area (Å²) in [5.41, 5.74) is -0.861. The van der Waals surface area contributed by atoms with Crippen LogP contribution in [-0.2, 0) is 11.0 Å². The Hall–Kier alpha value is -1.76. The Bertz CT molecular complexity index is 670. The maximum absolute atomic E-state index is 12.7. The van der Waals surface area contributed by atoms with Crippen molar-refractivity contribution in [1.29, 1.82) is 0 Å². The number of halogens is 4. The van der Waals surface area contributed by atoms with Crippen molar-refractivity contribution in [3.8, 4) is 0 Å². The van der Waals surface area contributed by atoms with Gasteiger partial charge in [0.1, 0.15) is 5.82 Å². The second-order valence-corrected chi connectivity index (χ2v) is 6.73. The fraction of sp³-hybridized carbons (Fsp3) is 0.529. The van der Waals surface area contributed by atoms with E-state index in [4.69, 9.17) is 11.6 Å². The molecule has 8 heteroatoms. The van der Waals surface area contributed by atoms with Crippen LogP contribution >= 0.6 is 11.6 Å². The summed E-state index contributed by atoms with van der Waals surface area (Å²) in [6.07, 6.45) is 3.07. The molecule has 2 heterocycles. The van der Waals surface area contributed by atoms with E-state index in [1.807, 2.05) is 15.9 Å². The van der Waals surface area contributed by atoms with E-state index < -0.39 is 11.7 Å². The molecule has 136 valence electrons. The molecule has 1 aliphatic heterocycles. The Morgan fingerprint density at radius 2 is 1.92 bits per heavy atom. The number of nitrogens with zero attached hydrogens (tertiary/aromatic N) is 3. The van der Waals surface area contributed by atoms with Crippen molar-refractivity contribution in [2.45, 2.75) is 25.4 Å². The van der Waals surface area contributed by atoms with E-state index in [0.29, 0.717) is 32.0 Å². The van der Waals surface area contributed by atoms with E-state index in [0.717, 1.165) is 31.5 Å². The summed E-state index contributed by atoms with van der Waals surface area (Å²) in [5, 5.41) is -0.0213. The number of carbonyl (C=O) groups is 1. The number of amides is 1. The number of piperazine rings is 1. The monoisotopic (exact) mass is 373 g/mol. The molecule has 4 nitrogen and oxygen atoms in total. The van der Waals surface area contributed by atoms with Gasteiger partial charge in [0, 0.05) is 38.3 Å². The first kappa shape index (κ1) is 18.0. The Morgan fingerprint density at radius 1 is 1.20 bits per heavy atom. The van der Waals surface area contributed by atoms with Gasteiger partial charge in [-0.15, -0.1) is 0 Å². The van der Waals surface area contributed by atoms with Crippen LogP contribution < -0.4 is 4.90 Å². The van der Waals surface area contributed by atoms with E-state index in [1.54, 1.807) is 0 Å². The molecule has 1 aliphatic carbocycles. The Kier molecular flexibility index (Phi) is 5.22. The van der Waals surface area contributed by atoms with Gasteiger partial charge in [-0.05, 0) is 25.3 Å². The number of rotatable bonds is 2. The highest BCUT2D eigenvalue weighted by atomic mass is 35.5. The quantitative estimate of drug-likeness (QED) is 0.741. The molecule has 1 aromatic heterocycles. The number of hydrogen-bond acceptors (Lipinski definition) is 3. The smallest absolute Gasteiger partial charge is 0.352 e. The van der Waals surface area contributed by atoms with Gasteiger partial charge < -0.3 is 9.80 Å². The lowest BCUT2D eigenvalue weighted by molar-refractivity contribution is -0.138. The highest BCUT2D eigenvalue weighted by molar-refractivity contribution is 6.33. The van der Waals surface area contributed by atoms with Crippen LogP contribution in [0.3, 0.4) is 0 Å². The molecule has 3 rings (SSSR count). The Morgan fingerprint density at radius 3 is 2.48 bits per heavy atom. The minimum absolute atomic E-state index is 0.0213. The molecule has 0 radical (unpaired) electrons. The average molecular weight is 374 g/mol. The van der Waals surface area contributed by atoms with Gasteiger partial charge >= 0.3 is 6.18 Å². The van der Waals surface area contributed by atoms with Gasteiger partial charge in [-0.1, -0.05) is 23.8 Å². The highest BCUT2D eigenvalue weighted by Gasteiger charge is 2.33. The van der Waals surface area contributed by atoms with Crippen LogP contribution in [0.2, 0.25) is 5.02 Å². The number of aromatic nitrogens is 1. The van der Waals surface area contributed by atoms with Crippen LogP contribution in [0.4, 0.5) is 19.0 Å². The average Bonchev–Trinajstić information content (AvgIpc) is 2.61. The largest absolute Gasteiger partial charge is 0.417 e. The molecular formula is C17H19ClF3N3O. The number of pyridine rings is 1. The predicted molar refractivity (Wildman–Crippen MR) is 89.5 cm³/mol. The number of alkyl halides is 3. The summed E-state index contributed by atoms with van der Waals surface area (Å²) in [7, 11) is 0. The molecule has 1 aromatic rings. The highest BCUT2D eigenvalue weighted by Crippen LogP contribution is 2.33. The molecule has 1 atom stereocenters. The van der Waals surface area contributed by atoms with Crippen molar-refractivity contribution in [2.75, 3.05) is 31.1 Å². The van der Waals surface area contributed by atoms with Crippen molar-refractivity contribution in [1.82, 2.24) is 9.88 Å². The van der Waals surface area contributed by atoms with Crippen LogP contribution in [-0.4, -0.2) is 42.0 Å². The third kappa shape index (κ3) is 4.08. The van der Waals surface area contributed by atoms with Gasteiger partial charge in [-0.25, -0.2) is 4.98 Å². The molecule has 0 bridgehead atoms. The molecule has 0 aromatic carbocycles. The van der Waals surface area contributed by atoms with Crippen LogP contribution in [0.25, 0.3) is 0 Å². The van der Waals surface area contributed by atoms with Crippen LogP contribution in [0, 0.1) is 5.92 Å². The molecule has 2 aliphatic rings. The predicted octanol–water partition coefficient (Wildman–Crippen LogP) is 3.76. The summed E-state index contributed by atoms with van der Waals surface area (Å²) in [5.74, 6) is 0.544. The van der Waals surface area contributed by atoms with E-state index in [2.05, 4.69) is 11.1 Å². The molecule has 1 fully saturated rings. The van der Waals surface area contributed by atoms with Crippen molar-refractivity contribution in [3.63, 3.8) is 0 Å². The number of carbonyl (C=O) groups excluding carboxylic acids is 1. The van der Waals surface area contributed by atoms with Gasteiger partial charge in [0.2, 0.25) is 5.91 Å². The standard InChI is InChI=1S/C17H19ClF3N3O/c18-14-10-13(17(19,20)21)11-22-15(14)23-6-8-24(9-7-23)16(25)12-4-2-1-3-5-12/h1-2,10-12H,3-9H2. The summed E-state index contributed by atoms with van der Waals surface area (Å²) in [4.78, 5) is 20.1. The molecule has 25 heavy (non-hydrogen) atoms. The number of anilines is 1. The van der Waals surface area contributed by atoms with Gasteiger partial charge in [0.05, 0.1) is 10.6 Å². The van der Waals surface area contributed by atoms with Crippen molar-refractivity contribution in [2.24, 2.45) is 5.92 Å². The maximum atomic E-state index is 12.7. The van der Waals surface area contributed by atoms with Crippen molar-refractivity contribution < 1.29 is 18.0 Å². The molecule has 0 N–H and O–H groups in total. The van der Waals surface area contributed by atoms with Crippen LogP contribution in [0.5, 0.6) is 0 Å². The number of hydrogen-bond donors (Lipinski definition) is 0. The maximum Gasteiger partial charge on any atom is 0.417 e. The summed E-state index contributed by atoms with van der Waals surface area (Å²) in [6, 6.07) is 0.899. The van der Waals surface area contributed by atoms with E-state index in [-0.39, 0.29) is 16.8 Å². The van der Waals surface area contributed by atoms with E-state index in [1.165, 1.54) is 0 Å². The fourth-order valence-electron chi connectivity index (χ4n) is 3.23. The molecule has 0 spiro atoms. The molecule has 0 saturated carbocycles. The summed E-state index contributed by atoms with van der Waals surface area (Å²) < 4.78 is 38.1. The van der Waals surface area contributed by atoms with Gasteiger partial charge in [-0.3, -0.25) is 4.79 Å². The first-order valence-corrected chi connectivity index (χ1v) is 8.65. The van der Waals surface area contributed by atoms with E-state index >= 15 is 0 Å². The first-order valence-electron chi connectivity index (χ1n) is 8.28. The fourth-order valence-corrected chi connectivity index (χ4v) is 3.52. The third-order valence-corrected chi connectivity index (χ3v) is 4.94. The van der Waals surface area contributed by atoms with Crippen molar-refractivity contribution in [3.05, 3.63) is 35.0 Å². The van der Waals surface area contributed by atoms with E-state index in [9.17, 15) is 18.0 Å². The van der Waals surface area contributed by atoms with Crippen molar-refractivity contribution >= 4 is 23.3 Å². The minimum atomic E-state index is -4.46. The molecule has 1 saturated heterocycles. The first-order chi connectivity index (χ1) is 11.9. The second-order valence-electron chi connectivity index (χ2n) is 6.32. The van der Waals surface area contributed by atoms with Crippen LogP contribution in [0.1, 0.15) is 24.8 Å². The van der Waals surface area contributed by atoms with Crippen LogP contribution in [0.15, 0.2) is 24.4 Å². The Labute approximate surface area is 149 Å². The molecule has 1 amide bonds. The lowest BCUT2D eigenvalue weighted by Crippen LogP contribution is -2.50. The molecule has 1 unspecified atom stereocenters. The molecular weight excluding hydrogens is 355 g/mol. The third-order valence-electron chi connectivity index (χ3n) is 4.66. The number of allylic oxidation sites excluding steroid dienone is 2. The topological polar surface area (TPSA) is 36.4 Å². The second kappa shape index (κ2) is 7.23. The normalized spacial score (nSPS) is 21.5. The zero-order chi connectivity index (χ0) is 18.0. The summed E-state index contributed by atoms with van der Waals surface area (Å²) in [6.45, 7) is 2.06. The zero-order valence-electron chi connectivity index (χ0n) is 13.6. The SMILES string of the molecule is O=C(C1CC=CCC1)N1CCN(c2ncc(C(F)(F)F)cc2Cl)CC1. The van der Waals surface area contributed by atoms with Gasteiger partial charge in [-0.2, -0.15) is 13.2 Å². The lowest BCUT2D eigenvalue weighted by atomic mass is 9.93. The minimum Gasteiger partial charge on any atom is -0.352 e. The van der Waals surface area contributed by atoms with Gasteiger partial charge in [0.25, 0.3) is 0 Å². The zero-order valence-corrected chi connectivity index (χ0v) is 14.4. The summed E-state index contributed by atoms with van der Waals surface area (Å²) >= 11 is 6.00. The Balaban J connectivity index is 1.62. The van der Waals surface area contributed by atoms with Gasteiger partial charge in [0.15, 0.2) is 0 Å².